The van der Waals surface area contributed by atoms with Gasteiger partial charge in [0, 0.05) is 0 Å². The Kier molecular flexibility index (Phi) is 5.66. The average molecular weight is 333 g/mol. The van der Waals surface area contributed by atoms with Gasteiger partial charge in [-0.1, -0.05) is 31.0 Å². The van der Waals surface area contributed by atoms with E-state index in [-0.39, 0.29) is 4.90 Å². The lowest BCUT2D eigenvalue weighted by Crippen LogP contribution is -2.13. The van der Waals surface area contributed by atoms with Crippen LogP contribution in [-0.2, 0) is 10.0 Å². The molecule has 0 radical (unpaired) electrons. The van der Waals surface area contributed by atoms with Gasteiger partial charge in [0.15, 0.2) is 0 Å². The maximum Gasteiger partial charge on any atom is 0.261 e. The molecule has 0 aromatic heterocycles. The van der Waals surface area contributed by atoms with Gasteiger partial charge in [-0.05, 0) is 56.2 Å². The quantitative estimate of drug-likeness (QED) is 0.769. The normalized spacial score (nSPS) is 11.3. The lowest BCUT2D eigenvalue weighted by atomic mass is 10.1. The van der Waals surface area contributed by atoms with Crippen LogP contribution in [0, 0.1) is 13.8 Å². The van der Waals surface area contributed by atoms with Crippen molar-refractivity contribution >= 4 is 15.7 Å². The number of benzene rings is 2. The maximum atomic E-state index is 12.5. The van der Waals surface area contributed by atoms with E-state index in [1.54, 1.807) is 30.3 Å². The van der Waals surface area contributed by atoms with Crippen molar-refractivity contribution in [2.24, 2.45) is 0 Å². The largest absolute Gasteiger partial charge is 0.494 e. The zero-order valence-corrected chi connectivity index (χ0v) is 14.6. The van der Waals surface area contributed by atoms with Crippen molar-refractivity contribution in [1.29, 1.82) is 0 Å². The van der Waals surface area contributed by atoms with Crippen LogP contribution in [0.3, 0.4) is 0 Å². The minimum absolute atomic E-state index is 0.223. The summed E-state index contributed by atoms with van der Waals surface area (Å²) in [6.07, 6.45) is 2.04. The van der Waals surface area contributed by atoms with Gasteiger partial charge >= 0.3 is 0 Å². The van der Waals surface area contributed by atoms with E-state index >= 15 is 0 Å². The molecule has 1 N–H and O–H groups in total. The predicted octanol–water partition coefficient (Wildman–Crippen LogP) is 4.28. The zero-order chi connectivity index (χ0) is 16.9. The fourth-order valence-electron chi connectivity index (χ4n) is 2.18. The second kappa shape index (κ2) is 7.51. The standard InChI is InChI=1S/C18H23NO3S/c1-4-5-12-22-16-7-9-17(10-8-16)23(20,21)19-18-11-6-14(2)13-15(18)3/h6-11,13,19H,4-5,12H2,1-3H3. The Morgan fingerprint density at radius 2 is 1.74 bits per heavy atom. The van der Waals surface area contributed by atoms with Gasteiger partial charge in [-0.15, -0.1) is 0 Å². The highest BCUT2D eigenvalue weighted by molar-refractivity contribution is 7.92. The SMILES string of the molecule is CCCCOc1ccc(S(=O)(=O)Nc2ccc(C)cc2C)cc1. The van der Waals surface area contributed by atoms with Crippen molar-refractivity contribution in [2.45, 2.75) is 38.5 Å². The first-order valence-corrected chi connectivity index (χ1v) is 9.23. The van der Waals surface area contributed by atoms with Gasteiger partial charge in [0.05, 0.1) is 17.2 Å². The summed E-state index contributed by atoms with van der Waals surface area (Å²) in [5.74, 6) is 0.684. The van der Waals surface area contributed by atoms with E-state index in [1.165, 1.54) is 0 Å². The number of unbranched alkanes of at least 4 members (excludes halogenated alkanes) is 1. The van der Waals surface area contributed by atoms with Crippen molar-refractivity contribution in [2.75, 3.05) is 11.3 Å². The molecule has 2 rings (SSSR count). The number of rotatable bonds is 7. The van der Waals surface area contributed by atoms with Crippen molar-refractivity contribution in [3.05, 3.63) is 53.6 Å². The van der Waals surface area contributed by atoms with Crippen molar-refractivity contribution in [3.8, 4) is 5.75 Å². The van der Waals surface area contributed by atoms with Gasteiger partial charge < -0.3 is 4.74 Å². The number of aryl methyl sites for hydroxylation is 2. The Morgan fingerprint density at radius 1 is 1.04 bits per heavy atom. The summed E-state index contributed by atoms with van der Waals surface area (Å²) >= 11 is 0. The fraction of sp³-hybridized carbons (Fsp3) is 0.333. The van der Waals surface area contributed by atoms with Crippen LogP contribution in [0.2, 0.25) is 0 Å². The first-order valence-electron chi connectivity index (χ1n) is 7.75. The van der Waals surface area contributed by atoms with E-state index in [0.29, 0.717) is 18.0 Å². The Bertz CT molecular complexity index is 752. The highest BCUT2D eigenvalue weighted by Gasteiger charge is 2.15. The van der Waals surface area contributed by atoms with Gasteiger partial charge in [-0.2, -0.15) is 0 Å². The highest BCUT2D eigenvalue weighted by Crippen LogP contribution is 2.22. The molecule has 0 saturated heterocycles. The molecule has 4 nitrogen and oxygen atoms in total. The molecule has 0 aliphatic rings. The minimum atomic E-state index is -3.60. The van der Waals surface area contributed by atoms with Crippen LogP contribution in [0.1, 0.15) is 30.9 Å². The molecule has 0 bridgehead atoms. The predicted molar refractivity (Wildman–Crippen MR) is 93.6 cm³/mol. The lowest BCUT2D eigenvalue weighted by molar-refractivity contribution is 0.309. The maximum absolute atomic E-state index is 12.5. The van der Waals surface area contributed by atoms with E-state index in [0.717, 1.165) is 24.0 Å². The van der Waals surface area contributed by atoms with Crippen LogP contribution in [0.15, 0.2) is 47.4 Å². The molecule has 0 saturated carbocycles. The molecule has 124 valence electrons. The monoisotopic (exact) mass is 333 g/mol. The first kappa shape index (κ1) is 17.3. The van der Waals surface area contributed by atoms with Crippen LogP contribution in [0.5, 0.6) is 5.75 Å². The lowest BCUT2D eigenvalue weighted by Gasteiger charge is -2.12. The van der Waals surface area contributed by atoms with Crippen molar-refractivity contribution < 1.29 is 13.2 Å². The summed E-state index contributed by atoms with van der Waals surface area (Å²) in [6, 6.07) is 12.1. The third-order valence-corrected chi connectivity index (χ3v) is 4.91. The molecule has 0 aliphatic carbocycles. The van der Waals surface area contributed by atoms with E-state index in [9.17, 15) is 8.42 Å². The molecule has 2 aromatic carbocycles. The van der Waals surface area contributed by atoms with Gasteiger partial charge in [0.1, 0.15) is 5.75 Å². The summed E-state index contributed by atoms with van der Waals surface area (Å²) in [4.78, 5) is 0.223. The van der Waals surface area contributed by atoms with E-state index in [2.05, 4.69) is 11.6 Å². The first-order chi connectivity index (χ1) is 10.9. The summed E-state index contributed by atoms with van der Waals surface area (Å²) < 4.78 is 33.1. The fourth-order valence-corrected chi connectivity index (χ4v) is 3.31. The molecule has 2 aromatic rings. The summed E-state index contributed by atoms with van der Waals surface area (Å²) in [5.41, 5.74) is 2.59. The van der Waals surface area contributed by atoms with Gasteiger partial charge in [-0.25, -0.2) is 8.42 Å². The van der Waals surface area contributed by atoms with Crippen molar-refractivity contribution in [1.82, 2.24) is 0 Å². The number of anilines is 1. The molecule has 0 amide bonds. The van der Waals surface area contributed by atoms with Gasteiger partial charge in [0.2, 0.25) is 0 Å². The third kappa shape index (κ3) is 4.73. The van der Waals surface area contributed by atoms with Crippen LogP contribution in [0.4, 0.5) is 5.69 Å². The Hall–Kier alpha value is -2.01. The molecule has 0 heterocycles. The number of hydrogen-bond acceptors (Lipinski definition) is 3. The molecular weight excluding hydrogens is 310 g/mol. The van der Waals surface area contributed by atoms with Gasteiger partial charge in [-0.3, -0.25) is 4.72 Å². The highest BCUT2D eigenvalue weighted by atomic mass is 32.2. The summed E-state index contributed by atoms with van der Waals surface area (Å²) in [7, 11) is -3.60. The van der Waals surface area contributed by atoms with E-state index < -0.39 is 10.0 Å². The third-order valence-electron chi connectivity index (χ3n) is 3.53. The second-order valence-electron chi connectivity index (χ2n) is 5.60. The molecule has 5 heteroatoms. The Labute approximate surface area is 138 Å². The molecule has 0 atom stereocenters. The minimum Gasteiger partial charge on any atom is -0.494 e. The molecule has 0 fully saturated rings. The van der Waals surface area contributed by atoms with Gasteiger partial charge in [0.25, 0.3) is 10.0 Å². The smallest absolute Gasteiger partial charge is 0.261 e. The van der Waals surface area contributed by atoms with E-state index in [4.69, 9.17) is 4.74 Å². The molecule has 0 unspecified atom stereocenters. The molecular formula is C18H23NO3S. The van der Waals surface area contributed by atoms with Crippen LogP contribution in [-0.4, -0.2) is 15.0 Å². The second-order valence-corrected chi connectivity index (χ2v) is 7.28. The molecule has 0 spiro atoms. The number of sulfonamides is 1. The number of nitrogens with one attached hydrogen (secondary N) is 1. The molecule has 23 heavy (non-hydrogen) atoms. The van der Waals surface area contributed by atoms with E-state index in [1.807, 2.05) is 26.0 Å². The van der Waals surface area contributed by atoms with Crippen LogP contribution >= 0.6 is 0 Å². The topological polar surface area (TPSA) is 55.4 Å². The Morgan fingerprint density at radius 3 is 2.35 bits per heavy atom. The zero-order valence-electron chi connectivity index (χ0n) is 13.8. The Balaban J connectivity index is 2.13. The summed E-state index contributed by atoms with van der Waals surface area (Å²) in [5, 5.41) is 0. The van der Waals surface area contributed by atoms with Crippen LogP contribution in [0.25, 0.3) is 0 Å². The number of ether oxygens (including phenoxy) is 1. The average Bonchev–Trinajstić information content (AvgIpc) is 2.51. The number of hydrogen-bond donors (Lipinski definition) is 1. The summed E-state index contributed by atoms with van der Waals surface area (Å²) in [6.45, 7) is 6.60. The van der Waals surface area contributed by atoms with Crippen LogP contribution < -0.4 is 9.46 Å². The molecule has 0 aliphatic heterocycles. The van der Waals surface area contributed by atoms with Crippen molar-refractivity contribution in [3.63, 3.8) is 0 Å².